The van der Waals surface area contributed by atoms with E-state index < -0.39 is 0 Å². The summed E-state index contributed by atoms with van der Waals surface area (Å²) in [6.45, 7) is 0. The van der Waals surface area contributed by atoms with Crippen molar-refractivity contribution in [3.63, 3.8) is 0 Å². The maximum Gasteiger partial charge on any atom is 0.123 e. The van der Waals surface area contributed by atoms with Crippen LogP contribution < -0.4 is 5.73 Å². The number of pyridine rings is 2. The fraction of sp³-hybridized carbons (Fsp3) is 0.0909. The van der Waals surface area contributed by atoms with E-state index in [2.05, 4.69) is 9.97 Å². The molecule has 0 radical (unpaired) electrons. The average Bonchev–Trinajstić information content (AvgIpc) is 2.28. The van der Waals surface area contributed by atoms with Crippen LogP contribution in [0.3, 0.4) is 0 Å². The molecule has 0 unspecified atom stereocenters. The van der Waals surface area contributed by atoms with Gasteiger partial charge in [0, 0.05) is 18.1 Å². The Morgan fingerprint density at radius 3 is 2.80 bits per heavy atom. The molecule has 3 nitrogen and oxygen atoms in total. The van der Waals surface area contributed by atoms with Crippen LogP contribution in [0.4, 0.5) is 5.82 Å². The smallest absolute Gasteiger partial charge is 0.123 e. The number of nitrogens with two attached hydrogens (primary N) is 1. The SMILES string of the molecule is Nc1cc(CSc2ccccn2)ccn1. The Labute approximate surface area is 92.8 Å². The predicted octanol–water partition coefficient (Wildman–Crippen LogP) is 2.35. The third-order valence-corrected chi connectivity index (χ3v) is 2.88. The normalized spacial score (nSPS) is 10.1. The minimum atomic E-state index is 0.564. The van der Waals surface area contributed by atoms with Crippen molar-refractivity contribution in [3.8, 4) is 0 Å². The molecular formula is C11H11N3S. The van der Waals surface area contributed by atoms with Crippen molar-refractivity contribution in [2.75, 3.05) is 5.73 Å². The first-order chi connectivity index (χ1) is 7.34. The van der Waals surface area contributed by atoms with E-state index in [1.165, 1.54) is 0 Å². The summed E-state index contributed by atoms with van der Waals surface area (Å²) in [5.41, 5.74) is 6.76. The van der Waals surface area contributed by atoms with E-state index in [9.17, 15) is 0 Å². The third kappa shape index (κ3) is 2.95. The standard InChI is InChI=1S/C11H11N3S/c12-10-7-9(4-6-13-10)8-15-11-3-1-2-5-14-11/h1-7H,8H2,(H2,12,13). The zero-order chi connectivity index (χ0) is 10.5. The van der Waals surface area contributed by atoms with Crippen LogP contribution in [0, 0.1) is 0 Å². The zero-order valence-electron chi connectivity index (χ0n) is 8.13. The second-order valence-electron chi connectivity index (χ2n) is 3.05. The van der Waals surface area contributed by atoms with Gasteiger partial charge in [-0.3, -0.25) is 0 Å². The van der Waals surface area contributed by atoms with Gasteiger partial charge in [-0.25, -0.2) is 9.97 Å². The highest BCUT2D eigenvalue weighted by Gasteiger charge is 1.97. The van der Waals surface area contributed by atoms with Crippen molar-refractivity contribution in [1.29, 1.82) is 0 Å². The number of hydrogen-bond donors (Lipinski definition) is 1. The maximum absolute atomic E-state index is 5.59. The molecule has 0 saturated heterocycles. The average molecular weight is 217 g/mol. The Balaban J connectivity index is 1.99. The lowest BCUT2D eigenvalue weighted by atomic mass is 10.3. The molecule has 2 aromatic rings. The molecule has 2 aromatic heterocycles. The molecule has 2 rings (SSSR count). The number of anilines is 1. The van der Waals surface area contributed by atoms with Crippen LogP contribution in [0.1, 0.15) is 5.56 Å². The number of hydrogen-bond acceptors (Lipinski definition) is 4. The van der Waals surface area contributed by atoms with Crippen LogP contribution >= 0.6 is 11.8 Å². The molecule has 15 heavy (non-hydrogen) atoms. The Morgan fingerprint density at radius 1 is 1.13 bits per heavy atom. The Hall–Kier alpha value is -1.55. The summed E-state index contributed by atoms with van der Waals surface area (Å²) in [7, 11) is 0. The maximum atomic E-state index is 5.59. The molecule has 0 spiro atoms. The van der Waals surface area contributed by atoms with Crippen molar-refractivity contribution in [2.24, 2.45) is 0 Å². The van der Waals surface area contributed by atoms with Crippen LogP contribution in [0.25, 0.3) is 0 Å². The summed E-state index contributed by atoms with van der Waals surface area (Å²) < 4.78 is 0. The lowest BCUT2D eigenvalue weighted by Gasteiger charge is -2.01. The molecule has 2 N–H and O–H groups in total. The van der Waals surface area contributed by atoms with Crippen molar-refractivity contribution < 1.29 is 0 Å². The van der Waals surface area contributed by atoms with Crippen LogP contribution in [-0.2, 0) is 5.75 Å². The highest BCUT2D eigenvalue weighted by atomic mass is 32.2. The summed E-state index contributed by atoms with van der Waals surface area (Å²) in [6.07, 6.45) is 3.52. The molecule has 0 aliphatic heterocycles. The van der Waals surface area contributed by atoms with E-state index in [1.54, 1.807) is 24.2 Å². The van der Waals surface area contributed by atoms with Gasteiger partial charge in [-0.1, -0.05) is 6.07 Å². The van der Waals surface area contributed by atoms with Gasteiger partial charge in [0.1, 0.15) is 5.82 Å². The first kappa shape index (κ1) is 9.98. The minimum absolute atomic E-state index is 0.564. The molecule has 76 valence electrons. The number of nitrogen functional groups attached to an aromatic ring is 1. The minimum Gasteiger partial charge on any atom is -0.384 e. The molecule has 4 heteroatoms. The van der Waals surface area contributed by atoms with E-state index in [4.69, 9.17) is 5.73 Å². The van der Waals surface area contributed by atoms with Crippen molar-refractivity contribution >= 4 is 17.6 Å². The highest BCUT2D eigenvalue weighted by molar-refractivity contribution is 7.98. The van der Waals surface area contributed by atoms with E-state index in [-0.39, 0.29) is 0 Å². The molecule has 0 atom stereocenters. The van der Waals surface area contributed by atoms with Gasteiger partial charge >= 0.3 is 0 Å². The number of aromatic nitrogens is 2. The lowest BCUT2D eigenvalue weighted by Crippen LogP contribution is -1.91. The summed E-state index contributed by atoms with van der Waals surface area (Å²) in [4.78, 5) is 8.18. The van der Waals surface area contributed by atoms with Gasteiger partial charge < -0.3 is 5.73 Å². The Bertz CT molecular complexity index is 431. The van der Waals surface area contributed by atoms with Gasteiger partial charge in [0.25, 0.3) is 0 Å². The molecule has 0 saturated carbocycles. The summed E-state index contributed by atoms with van der Waals surface area (Å²) in [5, 5.41) is 1.02. The van der Waals surface area contributed by atoms with E-state index >= 15 is 0 Å². The number of thioether (sulfide) groups is 1. The van der Waals surface area contributed by atoms with Gasteiger partial charge in [-0.2, -0.15) is 0 Å². The molecule has 0 amide bonds. The van der Waals surface area contributed by atoms with Gasteiger partial charge in [-0.05, 0) is 29.8 Å². The third-order valence-electron chi connectivity index (χ3n) is 1.87. The quantitative estimate of drug-likeness (QED) is 0.802. The van der Waals surface area contributed by atoms with Crippen LogP contribution in [0.2, 0.25) is 0 Å². The summed E-state index contributed by atoms with van der Waals surface area (Å²) in [6, 6.07) is 9.74. The van der Waals surface area contributed by atoms with Gasteiger partial charge in [-0.15, -0.1) is 11.8 Å². The van der Waals surface area contributed by atoms with Crippen molar-refractivity contribution in [2.45, 2.75) is 10.8 Å². The van der Waals surface area contributed by atoms with Crippen LogP contribution in [-0.4, -0.2) is 9.97 Å². The fourth-order valence-electron chi connectivity index (χ4n) is 1.17. The van der Waals surface area contributed by atoms with E-state index in [1.807, 2.05) is 30.3 Å². The topological polar surface area (TPSA) is 51.8 Å². The summed E-state index contributed by atoms with van der Waals surface area (Å²) in [5.74, 6) is 1.43. The molecule has 2 heterocycles. The lowest BCUT2D eigenvalue weighted by molar-refractivity contribution is 1.13. The molecule has 0 aliphatic carbocycles. The second kappa shape index (κ2) is 4.79. The Kier molecular flexibility index (Phi) is 3.19. The van der Waals surface area contributed by atoms with Crippen LogP contribution in [0.15, 0.2) is 47.8 Å². The predicted molar refractivity (Wildman–Crippen MR) is 62.4 cm³/mol. The molecule has 0 bridgehead atoms. The second-order valence-corrected chi connectivity index (χ2v) is 4.04. The first-order valence-electron chi connectivity index (χ1n) is 4.59. The largest absolute Gasteiger partial charge is 0.384 e. The molecular weight excluding hydrogens is 206 g/mol. The number of rotatable bonds is 3. The molecule has 0 aromatic carbocycles. The summed E-state index contributed by atoms with van der Waals surface area (Å²) >= 11 is 1.69. The van der Waals surface area contributed by atoms with E-state index in [0.717, 1.165) is 16.3 Å². The Morgan fingerprint density at radius 2 is 2.07 bits per heavy atom. The fourth-order valence-corrected chi connectivity index (χ4v) is 1.98. The number of nitrogens with zero attached hydrogens (tertiary/aromatic N) is 2. The van der Waals surface area contributed by atoms with Gasteiger partial charge in [0.2, 0.25) is 0 Å². The zero-order valence-corrected chi connectivity index (χ0v) is 8.95. The molecule has 0 aliphatic rings. The molecule has 0 fully saturated rings. The van der Waals surface area contributed by atoms with Crippen LogP contribution in [0.5, 0.6) is 0 Å². The van der Waals surface area contributed by atoms with Gasteiger partial charge in [0.05, 0.1) is 5.03 Å². The van der Waals surface area contributed by atoms with Crippen molar-refractivity contribution in [1.82, 2.24) is 9.97 Å². The van der Waals surface area contributed by atoms with E-state index in [0.29, 0.717) is 5.82 Å². The van der Waals surface area contributed by atoms with Crippen molar-refractivity contribution in [3.05, 3.63) is 48.3 Å². The first-order valence-corrected chi connectivity index (χ1v) is 5.57. The highest BCUT2D eigenvalue weighted by Crippen LogP contribution is 2.20. The monoisotopic (exact) mass is 217 g/mol. The van der Waals surface area contributed by atoms with Gasteiger partial charge in [0.15, 0.2) is 0 Å².